The summed E-state index contributed by atoms with van der Waals surface area (Å²) >= 11 is 5.78. The molecule has 0 saturated carbocycles. The van der Waals surface area contributed by atoms with Crippen molar-refractivity contribution >= 4 is 28.8 Å². The molecule has 0 saturated heterocycles. The van der Waals surface area contributed by atoms with E-state index in [0.717, 1.165) is 0 Å². The van der Waals surface area contributed by atoms with Gasteiger partial charge in [-0.2, -0.15) is 0 Å². The highest BCUT2D eigenvalue weighted by molar-refractivity contribution is 6.29. The van der Waals surface area contributed by atoms with E-state index in [4.69, 9.17) is 21.1 Å². The molecule has 21 heavy (non-hydrogen) atoms. The number of nitrogens with one attached hydrogen (secondary N) is 1. The maximum Gasteiger partial charge on any atom is 0.276 e. The van der Waals surface area contributed by atoms with Crippen molar-refractivity contribution in [1.29, 1.82) is 0 Å². The lowest BCUT2D eigenvalue weighted by Crippen LogP contribution is -2.15. The van der Waals surface area contributed by atoms with E-state index in [1.807, 2.05) is 0 Å². The van der Waals surface area contributed by atoms with Crippen molar-refractivity contribution in [1.82, 2.24) is 4.98 Å². The van der Waals surface area contributed by atoms with Crippen LogP contribution >= 0.6 is 11.6 Å². The van der Waals surface area contributed by atoms with Gasteiger partial charge < -0.3 is 14.8 Å². The van der Waals surface area contributed by atoms with Crippen molar-refractivity contribution in [2.45, 2.75) is 0 Å². The minimum Gasteiger partial charge on any atom is -0.486 e. The Hall–Kier alpha value is -2.54. The molecule has 1 aromatic heterocycles. The Bertz CT molecular complexity index is 708. The largest absolute Gasteiger partial charge is 0.486 e. The highest BCUT2D eigenvalue weighted by Gasteiger charge is 2.14. The fourth-order valence-electron chi connectivity index (χ4n) is 1.92. The van der Waals surface area contributed by atoms with E-state index >= 15 is 0 Å². The Morgan fingerprint density at radius 1 is 1.19 bits per heavy atom. The molecule has 7 nitrogen and oxygen atoms in total. The predicted octanol–water partition coefficient (Wildman–Crippen LogP) is 3.16. The summed E-state index contributed by atoms with van der Waals surface area (Å²) in [5.41, 5.74) is 0.540. The Labute approximate surface area is 124 Å². The van der Waals surface area contributed by atoms with Crippen molar-refractivity contribution in [3.05, 3.63) is 45.6 Å². The first-order valence-electron chi connectivity index (χ1n) is 6.10. The normalized spacial score (nSPS) is 12.8. The summed E-state index contributed by atoms with van der Waals surface area (Å²) in [5, 5.41) is 13.8. The van der Waals surface area contributed by atoms with Gasteiger partial charge in [0.15, 0.2) is 11.5 Å². The fraction of sp³-hybridized carbons (Fsp3) is 0.154. The zero-order valence-corrected chi connectivity index (χ0v) is 11.5. The third kappa shape index (κ3) is 2.97. The molecule has 108 valence electrons. The molecule has 8 heteroatoms. The standard InChI is InChI=1S/C13H10ClN3O4/c14-12-6-9(17(18)19)7-13(16-12)15-8-1-2-10-11(5-8)21-4-3-20-10/h1-2,5-7H,3-4H2,(H,15,16). The van der Waals surface area contributed by atoms with Gasteiger partial charge in [0.1, 0.15) is 24.2 Å². The molecule has 0 bridgehead atoms. The van der Waals surface area contributed by atoms with Crippen molar-refractivity contribution in [3.63, 3.8) is 0 Å². The SMILES string of the molecule is O=[N+]([O-])c1cc(Cl)nc(Nc2ccc3c(c2)OCCO3)c1. The molecular formula is C13H10ClN3O4. The Balaban J connectivity index is 1.88. The predicted molar refractivity (Wildman–Crippen MR) is 76.6 cm³/mol. The molecule has 0 unspecified atom stereocenters. The lowest BCUT2D eigenvalue weighted by Gasteiger charge is -2.19. The van der Waals surface area contributed by atoms with Crippen LogP contribution in [-0.2, 0) is 0 Å². The van der Waals surface area contributed by atoms with Gasteiger partial charge in [-0.05, 0) is 12.1 Å². The first kappa shape index (κ1) is 13.4. The van der Waals surface area contributed by atoms with Gasteiger partial charge in [-0.25, -0.2) is 4.98 Å². The number of rotatable bonds is 3. The smallest absolute Gasteiger partial charge is 0.276 e. The molecular weight excluding hydrogens is 298 g/mol. The van der Waals surface area contributed by atoms with E-state index in [1.165, 1.54) is 12.1 Å². The number of aromatic nitrogens is 1. The number of ether oxygens (including phenoxy) is 2. The third-order valence-electron chi connectivity index (χ3n) is 2.80. The van der Waals surface area contributed by atoms with Gasteiger partial charge in [-0.1, -0.05) is 11.6 Å². The van der Waals surface area contributed by atoms with E-state index in [1.54, 1.807) is 18.2 Å². The van der Waals surface area contributed by atoms with Gasteiger partial charge in [0.2, 0.25) is 0 Å². The molecule has 0 aliphatic carbocycles. The molecule has 0 spiro atoms. The molecule has 1 aliphatic rings. The summed E-state index contributed by atoms with van der Waals surface area (Å²) < 4.78 is 10.9. The van der Waals surface area contributed by atoms with Crippen LogP contribution in [0.15, 0.2) is 30.3 Å². The zero-order chi connectivity index (χ0) is 14.8. The van der Waals surface area contributed by atoms with Crippen LogP contribution in [0.5, 0.6) is 11.5 Å². The summed E-state index contributed by atoms with van der Waals surface area (Å²) in [7, 11) is 0. The van der Waals surface area contributed by atoms with Gasteiger partial charge in [0.05, 0.1) is 17.1 Å². The summed E-state index contributed by atoms with van der Waals surface area (Å²) in [4.78, 5) is 14.3. The molecule has 1 aromatic carbocycles. The van der Waals surface area contributed by atoms with Crippen LogP contribution in [0.4, 0.5) is 17.2 Å². The number of nitrogens with zero attached hydrogens (tertiary/aromatic N) is 2. The zero-order valence-electron chi connectivity index (χ0n) is 10.7. The maximum atomic E-state index is 10.8. The summed E-state index contributed by atoms with van der Waals surface area (Å²) in [6.07, 6.45) is 0. The Kier molecular flexibility index (Phi) is 3.49. The van der Waals surface area contributed by atoms with Gasteiger partial charge in [0, 0.05) is 11.8 Å². The summed E-state index contributed by atoms with van der Waals surface area (Å²) in [5.74, 6) is 1.56. The molecule has 0 atom stereocenters. The van der Waals surface area contributed by atoms with Crippen molar-refractivity contribution in [3.8, 4) is 11.5 Å². The van der Waals surface area contributed by atoms with Crippen LogP contribution in [0, 0.1) is 10.1 Å². The van der Waals surface area contributed by atoms with E-state index in [2.05, 4.69) is 10.3 Å². The first-order chi connectivity index (χ1) is 10.1. The van der Waals surface area contributed by atoms with Crippen LogP contribution < -0.4 is 14.8 Å². The molecule has 1 aliphatic heterocycles. The molecule has 2 heterocycles. The molecule has 0 radical (unpaired) electrons. The summed E-state index contributed by atoms with van der Waals surface area (Å²) in [6.45, 7) is 0.999. The number of fused-ring (bicyclic) bond motifs is 1. The molecule has 0 amide bonds. The second kappa shape index (κ2) is 5.45. The van der Waals surface area contributed by atoms with Crippen molar-refractivity contribution in [2.75, 3.05) is 18.5 Å². The van der Waals surface area contributed by atoms with Crippen LogP contribution in [0.1, 0.15) is 0 Å². The topological polar surface area (TPSA) is 86.5 Å². The highest BCUT2D eigenvalue weighted by Crippen LogP contribution is 2.33. The van der Waals surface area contributed by atoms with Gasteiger partial charge in [-0.15, -0.1) is 0 Å². The molecule has 2 aromatic rings. The average Bonchev–Trinajstić information content (AvgIpc) is 2.46. The number of benzene rings is 1. The van der Waals surface area contributed by atoms with Crippen LogP contribution in [-0.4, -0.2) is 23.1 Å². The lowest BCUT2D eigenvalue weighted by atomic mass is 10.2. The Morgan fingerprint density at radius 2 is 1.95 bits per heavy atom. The van der Waals surface area contributed by atoms with Gasteiger partial charge in [-0.3, -0.25) is 10.1 Å². The lowest BCUT2D eigenvalue weighted by molar-refractivity contribution is -0.384. The summed E-state index contributed by atoms with van der Waals surface area (Å²) in [6, 6.07) is 7.76. The van der Waals surface area contributed by atoms with Crippen LogP contribution in [0.3, 0.4) is 0 Å². The first-order valence-corrected chi connectivity index (χ1v) is 6.48. The maximum absolute atomic E-state index is 10.8. The number of hydrogen-bond donors (Lipinski definition) is 1. The second-order valence-electron chi connectivity index (χ2n) is 4.27. The minimum atomic E-state index is -0.525. The number of nitro groups is 1. The van der Waals surface area contributed by atoms with E-state index < -0.39 is 4.92 Å². The van der Waals surface area contributed by atoms with Crippen molar-refractivity contribution < 1.29 is 14.4 Å². The van der Waals surface area contributed by atoms with Crippen LogP contribution in [0.25, 0.3) is 0 Å². The van der Waals surface area contributed by atoms with E-state index in [-0.39, 0.29) is 16.7 Å². The van der Waals surface area contributed by atoms with Gasteiger partial charge >= 0.3 is 0 Å². The molecule has 0 fully saturated rings. The number of pyridine rings is 1. The second-order valence-corrected chi connectivity index (χ2v) is 4.66. The van der Waals surface area contributed by atoms with E-state index in [9.17, 15) is 10.1 Å². The van der Waals surface area contributed by atoms with Crippen molar-refractivity contribution in [2.24, 2.45) is 0 Å². The number of hydrogen-bond acceptors (Lipinski definition) is 6. The molecule has 3 rings (SSSR count). The monoisotopic (exact) mass is 307 g/mol. The highest BCUT2D eigenvalue weighted by atomic mass is 35.5. The average molecular weight is 308 g/mol. The minimum absolute atomic E-state index is 0.0456. The Morgan fingerprint density at radius 3 is 2.71 bits per heavy atom. The fourth-order valence-corrected chi connectivity index (χ4v) is 2.12. The van der Waals surface area contributed by atoms with Gasteiger partial charge in [0.25, 0.3) is 5.69 Å². The quantitative estimate of drug-likeness (QED) is 0.532. The number of anilines is 2. The molecule has 1 N–H and O–H groups in total. The third-order valence-corrected chi connectivity index (χ3v) is 3.00. The van der Waals surface area contributed by atoms with Crippen LogP contribution in [0.2, 0.25) is 5.15 Å². The van der Waals surface area contributed by atoms with E-state index in [0.29, 0.717) is 30.4 Å². The number of halogens is 1.